The second-order valence-electron chi connectivity index (χ2n) is 8.99. The maximum Gasteiger partial charge on any atom is 0.416 e. The number of urea groups is 1. The second-order valence-corrected chi connectivity index (χ2v) is 8.99. The zero-order valence-corrected chi connectivity index (χ0v) is 18.9. The number of hydrogen-bond acceptors (Lipinski definition) is 2. The number of nitrogens with zero attached hydrogens (tertiary/aromatic N) is 2. The molecule has 2 heterocycles. The van der Waals surface area contributed by atoms with Crippen molar-refractivity contribution in [3.8, 4) is 0 Å². The predicted molar refractivity (Wildman–Crippen MR) is 118 cm³/mol. The quantitative estimate of drug-likeness (QED) is 0.691. The molecule has 4 rings (SSSR count). The zero-order valence-electron chi connectivity index (χ0n) is 18.9. The lowest BCUT2D eigenvalue weighted by Crippen LogP contribution is -2.57. The molecule has 2 aromatic rings. The van der Waals surface area contributed by atoms with Gasteiger partial charge in [0.2, 0.25) is 5.91 Å². The van der Waals surface area contributed by atoms with Gasteiger partial charge in [-0.15, -0.1) is 0 Å². The highest BCUT2D eigenvalue weighted by molar-refractivity contribution is 5.81. The molecule has 3 amide bonds. The van der Waals surface area contributed by atoms with Crippen LogP contribution in [0.4, 0.5) is 18.0 Å². The Balaban J connectivity index is 1.61. The fourth-order valence-electron chi connectivity index (χ4n) is 5.04. The summed E-state index contributed by atoms with van der Waals surface area (Å²) in [6, 6.07) is 10.3. The van der Waals surface area contributed by atoms with Gasteiger partial charge in [-0.25, -0.2) is 4.79 Å². The molecule has 0 saturated carbocycles. The molecule has 1 N–H and O–H groups in total. The van der Waals surface area contributed by atoms with Gasteiger partial charge in [0.15, 0.2) is 0 Å². The minimum absolute atomic E-state index is 0.103. The number of aryl methyl sites for hydroxylation is 2. The highest BCUT2D eigenvalue weighted by atomic mass is 19.4. The number of alkyl halides is 3. The standard InChI is InChI=1S/C25H28F3N3O2/c1-15-12-18(14-19(13-15)25(26,27)28)17(3)29-24(33)31-11-10-30-21(8-9-22(30)32)23(31)20-7-5-4-6-16(20)2/h4-7,12-14,17,21,23H,8-11H2,1-3H3,(H,29,33)/t17-,21?,23?/m1/s1. The van der Waals surface area contributed by atoms with Gasteiger partial charge >= 0.3 is 12.2 Å². The van der Waals surface area contributed by atoms with Crippen LogP contribution in [0.5, 0.6) is 0 Å². The molecular weight excluding hydrogens is 431 g/mol. The molecule has 2 unspecified atom stereocenters. The minimum Gasteiger partial charge on any atom is -0.335 e. The molecule has 2 aliphatic heterocycles. The largest absolute Gasteiger partial charge is 0.416 e. The highest BCUT2D eigenvalue weighted by Crippen LogP contribution is 2.39. The van der Waals surface area contributed by atoms with Crippen LogP contribution in [0.1, 0.15) is 59.7 Å². The number of hydrogen-bond donors (Lipinski definition) is 1. The van der Waals surface area contributed by atoms with Crippen molar-refractivity contribution in [1.29, 1.82) is 0 Å². The fraction of sp³-hybridized carbons (Fsp3) is 0.440. The second kappa shape index (κ2) is 8.72. The molecule has 2 aromatic carbocycles. The van der Waals surface area contributed by atoms with E-state index in [0.717, 1.165) is 23.3 Å². The summed E-state index contributed by atoms with van der Waals surface area (Å²) in [4.78, 5) is 29.4. The van der Waals surface area contributed by atoms with Crippen LogP contribution in [0.2, 0.25) is 0 Å². The molecule has 0 bridgehead atoms. The van der Waals surface area contributed by atoms with Crippen molar-refractivity contribution in [1.82, 2.24) is 15.1 Å². The van der Waals surface area contributed by atoms with Gasteiger partial charge in [0.05, 0.1) is 23.7 Å². The average molecular weight is 460 g/mol. The van der Waals surface area contributed by atoms with E-state index >= 15 is 0 Å². The van der Waals surface area contributed by atoms with E-state index < -0.39 is 17.8 Å². The zero-order chi connectivity index (χ0) is 23.9. The first kappa shape index (κ1) is 23.1. The van der Waals surface area contributed by atoms with E-state index in [1.165, 1.54) is 0 Å². The number of rotatable bonds is 3. The van der Waals surface area contributed by atoms with Crippen LogP contribution in [-0.2, 0) is 11.0 Å². The van der Waals surface area contributed by atoms with E-state index in [1.807, 2.05) is 36.1 Å². The number of benzene rings is 2. The van der Waals surface area contributed by atoms with E-state index in [1.54, 1.807) is 24.8 Å². The minimum atomic E-state index is -4.45. The third kappa shape index (κ3) is 4.56. The van der Waals surface area contributed by atoms with Gasteiger partial charge < -0.3 is 15.1 Å². The molecule has 5 nitrogen and oxygen atoms in total. The van der Waals surface area contributed by atoms with E-state index in [4.69, 9.17) is 0 Å². The first-order valence-electron chi connectivity index (χ1n) is 11.2. The molecule has 8 heteroatoms. The smallest absolute Gasteiger partial charge is 0.335 e. The van der Waals surface area contributed by atoms with E-state index in [2.05, 4.69) is 5.32 Å². The summed E-state index contributed by atoms with van der Waals surface area (Å²) in [7, 11) is 0. The Morgan fingerprint density at radius 1 is 1.12 bits per heavy atom. The summed E-state index contributed by atoms with van der Waals surface area (Å²) >= 11 is 0. The normalized spacial score (nSPS) is 21.7. The lowest BCUT2D eigenvalue weighted by Gasteiger charge is -2.45. The molecule has 0 radical (unpaired) electrons. The lowest BCUT2D eigenvalue weighted by molar-refractivity contribution is -0.137. The van der Waals surface area contributed by atoms with Gasteiger partial charge in [0.1, 0.15) is 0 Å². The highest BCUT2D eigenvalue weighted by Gasteiger charge is 2.45. The van der Waals surface area contributed by atoms with Crippen LogP contribution >= 0.6 is 0 Å². The van der Waals surface area contributed by atoms with Gasteiger partial charge in [-0.3, -0.25) is 4.79 Å². The van der Waals surface area contributed by atoms with Gasteiger partial charge in [-0.1, -0.05) is 35.9 Å². The summed E-state index contributed by atoms with van der Waals surface area (Å²) < 4.78 is 39.8. The molecule has 3 atom stereocenters. The Kier molecular flexibility index (Phi) is 6.12. The summed E-state index contributed by atoms with van der Waals surface area (Å²) in [5, 5.41) is 2.90. The van der Waals surface area contributed by atoms with Crippen molar-refractivity contribution in [3.63, 3.8) is 0 Å². The van der Waals surface area contributed by atoms with Gasteiger partial charge in [-0.2, -0.15) is 13.2 Å². The number of carbonyl (C=O) groups excluding carboxylic acids is 2. The maximum atomic E-state index is 13.4. The van der Waals surface area contributed by atoms with Crippen molar-refractivity contribution >= 4 is 11.9 Å². The van der Waals surface area contributed by atoms with E-state index in [0.29, 0.717) is 37.1 Å². The SMILES string of the molecule is Cc1cc([C@@H](C)NC(=O)N2CCN3C(=O)CCC3C2c2ccccc2C)cc(C(F)(F)F)c1. The van der Waals surface area contributed by atoms with Crippen LogP contribution in [0, 0.1) is 13.8 Å². The van der Waals surface area contributed by atoms with Gasteiger partial charge in [0.25, 0.3) is 0 Å². The third-order valence-electron chi connectivity index (χ3n) is 6.69. The Hall–Kier alpha value is -3.03. The Morgan fingerprint density at radius 2 is 1.85 bits per heavy atom. The van der Waals surface area contributed by atoms with Crippen molar-refractivity contribution in [2.24, 2.45) is 0 Å². The fourth-order valence-corrected chi connectivity index (χ4v) is 5.04. The number of fused-ring (bicyclic) bond motifs is 1. The number of halogens is 3. The number of amides is 3. The van der Waals surface area contributed by atoms with Crippen LogP contribution in [0.3, 0.4) is 0 Å². The lowest BCUT2D eigenvalue weighted by atomic mass is 9.91. The molecule has 0 aromatic heterocycles. The van der Waals surface area contributed by atoms with Crippen LogP contribution < -0.4 is 5.32 Å². The topological polar surface area (TPSA) is 52.7 Å². The Labute approximate surface area is 191 Å². The molecule has 33 heavy (non-hydrogen) atoms. The molecule has 0 aliphatic carbocycles. The molecular formula is C25H28F3N3O2. The van der Waals surface area contributed by atoms with Crippen molar-refractivity contribution in [3.05, 3.63) is 70.3 Å². The first-order valence-corrected chi connectivity index (χ1v) is 11.2. The van der Waals surface area contributed by atoms with Gasteiger partial charge in [0, 0.05) is 19.5 Å². The Morgan fingerprint density at radius 3 is 2.55 bits per heavy atom. The summed E-state index contributed by atoms with van der Waals surface area (Å²) in [6.45, 7) is 6.09. The number of piperazine rings is 1. The molecule has 2 fully saturated rings. The summed E-state index contributed by atoms with van der Waals surface area (Å²) in [5.41, 5.74) is 2.17. The first-order chi connectivity index (χ1) is 15.6. The monoisotopic (exact) mass is 459 g/mol. The molecule has 176 valence electrons. The predicted octanol–water partition coefficient (Wildman–Crippen LogP) is 5.14. The van der Waals surface area contributed by atoms with Crippen LogP contribution in [-0.4, -0.2) is 40.9 Å². The van der Waals surface area contributed by atoms with Gasteiger partial charge in [-0.05, 0) is 56.0 Å². The van der Waals surface area contributed by atoms with Crippen molar-refractivity contribution in [2.45, 2.75) is 57.9 Å². The third-order valence-corrected chi connectivity index (χ3v) is 6.69. The van der Waals surface area contributed by atoms with Crippen molar-refractivity contribution in [2.75, 3.05) is 13.1 Å². The number of nitrogens with one attached hydrogen (secondary N) is 1. The molecule has 2 saturated heterocycles. The Bertz CT molecular complexity index is 1070. The molecule has 2 aliphatic rings. The van der Waals surface area contributed by atoms with Crippen LogP contribution in [0.15, 0.2) is 42.5 Å². The van der Waals surface area contributed by atoms with E-state index in [-0.39, 0.29) is 24.0 Å². The van der Waals surface area contributed by atoms with E-state index in [9.17, 15) is 22.8 Å². The summed E-state index contributed by atoms with van der Waals surface area (Å²) in [6.07, 6.45) is -3.32. The average Bonchev–Trinajstić information content (AvgIpc) is 3.13. The maximum absolute atomic E-state index is 13.4. The molecule has 0 spiro atoms. The summed E-state index contributed by atoms with van der Waals surface area (Å²) in [5.74, 6) is 0.103. The van der Waals surface area contributed by atoms with Crippen molar-refractivity contribution < 1.29 is 22.8 Å². The number of carbonyl (C=O) groups is 2. The van der Waals surface area contributed by atoms with Crippen LogP contribution in [0.25, 0.3) is 0 Å².